The van der Waals surface area contributed by atoms with Crippen molar-refractivity contribution >= 4 is 17.9 Å². The predicted octanol–water partition coefficient (Wildman–Crippen LogP) is 6.59. The van der Waals surface area contributed by atoms with Crippen LogP contribution in [0, 0.1) is 0 Å². The second-order valence-electron chi connectivity index (χ2n) is 9.03. The fourth-order valence-electron chi connectivity index (χ4n) is 4.29. The van der Waals surface area contributed by atoms with Crippen molar-refractivity contribution < 1.29 is 45.0 Å². The number of hydrogen-bond donors (Lipinski definition) is 6. The first-order valence-corrected chi connectivity index (χ1v) is 12.4. The second-order valence-corrected chi connectivity index (χ2v) is 9.03. The van der Waals surface area contributed by atoms with Gasteiger partial charge in [0.25, 0.3) is 0 Å². The van der Waals surface area contributed by atoms with Gasteiger partial charge in [0.15, 0.2) is 0 Å². The van der Waals surface area contributed by atoms with E-state index in [1.54, 1.807) is 36.4 Å². The standard InChI is InChI=1S/C24H18O3.C9H6O6/c25-22-10-4-1-7-19(22)16-13-17(20-8-2-5-11-23(20)26)15-18(14-16)21-9-3-6-12-24(21)27;10-7(11)4-1-2-5(8(12)13)6(3-4)9(14)15/h1-15,25-27H;1-3H,(H,10,11)(H,12,13)(H,14,15). The molecule has 9 heteroatoms. The SMILES string of the molecule is O=C(O)c1ccc(C(=O)O)c(C(=O)O)c1.Oc1ccccc1-c1cc(-c2ccccc2O)cc(-c2ccccc2O)c1. The Morgan fingerprint density at radius 2 is 0.762 bits per heavy atom. The maximum absolute atomic E-state index is 10.6. The first kappa shape index (κ1) is 28.9. The molecule has 0 aromatic heterocycles. The molecule has 0 aliphatic carbocycles. The molecule has 0 radical (unpaired) electrons. The molecule has 0 aliphatic rings. The van der Waals surface area contributed by atoms with Crippen LogP contribution >= 0.6 is 0 Å². The predicted molar refractivity (Wildman–Crippen MR) is 155 cm³/mol. The Morgan fingerprint density at radius 1 is 0.405 bits per heavy atom. The van der Waals surface area contributed by atoms with Gasteiger partial charge >= 0.3 is 17.9 Å². The maximum atomic E-state index is 10.6. The van der Waals surface area contributed by atoms with Gasteiger partial charge in [0.1, 0.15) is 17.2 Å². The Kier molecular flexibility index (Phi) is 8.53. The average molecular weight is 565 g/mol. The van der Waals surface area contributed by atoms with Crippen LogP contribution in [0.15, 0.2) is 109 Å². The van der Waals surface area contributed by atoms with E-state index < -0.39 is 29.0 Å². The fourth-order valence-corrected chi connectivity index (χ4v) is 4.29. The number of carboxylic acid groups (broad SMARTS) is 3. The van der Waals surface area contributed by atoms with Gasteiger partial charge in [0.2, 0.25) is 0 Å². The van der Waals surface area contributed by atoms with Crippen LogP contribution in [0.3, 0.4) is 0 Å². The minimum absolute atomic E-state index is 0.176. The molecule has 5 aromatic carbocycles. The maximum Gasteiger partial charge on any atom is 0.336 e. The molecule has 0 amide bonds. The molecule has 0 saturated heterocycles. The summed E-state index contributed by atoms with van der Waals surface area (Å²) in [6.07, 6.45) is 0. The number of carbonyl (C=O) groups is 3. The lowest BCUT2D eigenvalue weighted by Gasteiger charge is -2.13. The highest BCUT2D eigenvalue weighted by molar-refractivity contribution is 6.03. The lowest BCUT2D eigenvalue weighted by Crippen LogP contribution is -2.10. The van der Waals surface area contributed by atoms with Gasteiger partial charge in [0.05, 0.1) is 16.7 Å². The number of phenols is 3. The molecule has 0 spiro atoms. The smallest absolute Gasteiger partial charge is 0.336 e. The number of carboxylic acids is 3. The highest BCUT2D eigenvalue weighted by Gasteiger charge is 2.18. The Morgan fingerprint density at radius 3 is 1.07 bits per heavy atom. The van der Waals surface area contributed by atoms with Gasteiger partial charge in [-0.15, -0.1) is 0 Å². The van der Waals surface area contributed by atoms with Crippen molar-refractivity contribution in [3.8, 4) is 50.6 Å². The summed E-state index contributed by atoms with van der Waals surface area (Å²) < 4.78 is 0. The van der Waals surface area contributed by atoms with E-state index in [-0.39, 0.29) is 22.8 Å². The second kappa shape index (κ2) is 12.4. The van der Waals surface area contributed by atoms with Crippen molar-refractivity contribution in [1.29, 1.82) is 0 Å². The summed E-state index contributed by atoms with van der Waals surface area (Å²) in [6, 6.07) is 29.9. The zero-order valence-corrected chi connectivity index (χ0v) is 21.8. The molecular weight excluding hydrogens is 540 g/mol. The first-order valence-electron chi connectivity index (χ1n) is 12.4. The van der Waals surface area contributed by atoms with Crippen LogP contribution in [-0.4, -0.2) is 48.5 Å². The third-order valence-corrected chi connectivity index (χ3v) is 6.31. The van der Waals surface area contributed by atoms with Crippen molar-refractivity contribution in [2.45, 2.75) is 0 Å². The summed E-state index contributed by atoms with van der Waals surface area (Å²) in [5.41, 5.74) is 3.21. The number of aromatic hydroxyl groups is 3. The fraction of sp³-hybridized carbons (Fsp3) is 0. The van der Waals surface area contributed by atoms with E-state index in [1.807, 2.05) is 54.6 Å². The quantitative estimate of drug-likeness (QED) is 0.133. The third-order valence-electron chi connectivity index (χ3n) is 6.31. The average Bonchev–Trinajstić information content (AvgIpc) is 2.97. The van der Waals surface area contributed by atoms with E-state index in [0.29, 0.717) is 16.7 Å². The summed E-state index contributed by atoms with van der Waals surface area (Å²) in [5.74, 6) is -3.67. The molecule has 0 saturated carbocycles. The number of benzene rings is 5. The number of rotatable bonds is 6. The van der Waals surface area contributed by atoms with Gasteiger partial charge in [-0.2, -0.15) is 0 Å². The first-order chi connectivity index (χ1) is 20.1. The zero-order chi connectivity index (χ0) is 30.4. The molecule has 0 unspecified atom stereocenters. The number of phenolic OH excluding ortho intramolecular Hbond substituents is 3. The molecular formula is C33H24O9. The van der Waals surface area contributed by atoms with Crippen LogP contribution in [0.4, 0.5) is 0 Å². The highest BCUT2D eigenvalue weighted by Crippen LogP contribution is 2.40. The van der Waals surface area contributed by atoms with E-state index in [1.165, 1.54) is 0 Å². The molecule has 0 heterocycles. The van der Waals surface area contributed by atoms with Crippen molar-refractivity contribution in [2.75, 3.05) is 0 Å². The van der Waals surface area contributed by atoms with Crippen molar-refractivity contribution in [2.24, 2.45) is 0 Å². The molecule has 0 aliphatic heterocycles. The number of aromatic carboxylic acids is 3. The van der Waals surface area contributed by atoms with Crippen LogP contribution in [0.25, 0.3) is 33.4 Å². The molecule has 0 bridgehead atoms. The van der Waals surface area contributed by atoms with Crippen LogP contribution in [0.2, 0.25) is 0 Å². The summed E-state index contributed by atoms with van der Waals surface area (Å²) in [4.78, 5) is 31.8. The molecule has 6 N–H and O–H groups in total. The number of hydrogen-bond acceptors (Lipinski definition) is 6. The van der Waals surface area contributed by atoms with E-state index >= 15 is 0 Å². The normalized spacial score (nSPS) is 10.3. The minimum atomic E-state index is -1.48. The minimum Gasteiger partial charge on any atom is -0.507 e. The van der Waals surface area contributed by atoms with E-state index in [4.69, 9.17) is 15.3 Å². The summed E-state index contributed by atoms with van der Waals surface area (Å²) in [6.45, 7) is 0. The molecule has 9 nitrogen and oxygen atoms in total. The molecule has 42 heavy (non-hydrogen) atoms. The highest BCUT2D eigenvalue weighted by atomic mass is 16.4. The molecule has 5 rings (SSSR count). The summed E-state index contributed by atoms with van der Waals surface area (Å²) >= 11 is 0. The van der Waals surface area contributed by atoms with Crippen LogP contribution < -0.4 is 0 Å². The van der Waals surface area contributed by atoms with E-state index in [0.717, 1.165) is 34.9 Å². The van der Waals surface area contributed by atoms with E-state index in [9.17, 15) is 29.7 Å². The Balaban J connectivity index is 0.000000230. The number of para-hydroxylation sites is 3. The monoisotopic (exact) mass is 564 g/mol. The topological polar surface area (TPSA) is 173 Å². The lowest BCUT2D eigenvalue weighted by atomic mass is 9.92. The zero-order valence-electron chi connectivity index (χ0n) is 21.8. The van der Waals surface area contributed by atoms with Crippen molar-refractivity contribution in [3.63, 3.8) is 0 Å². The van der Waals surface area contributed by atoms with Crippen molar-refractivity contribution in [3.05, 3.63) is 126 Å². The molecule has 0 atom stereocenters. The van der Waals surface area contributed by atoms with Gasteiger partial charge in [0, 0.05) is 16.7 Å². The van der Waals surface area contributed by atoms with Gasteiger partial charge in [-0.1, -0.05) is 54.6 Å². The Hall–Kier alpha value is -6.09. The Bertz CT molecular complexity index is 1650. The van der Waals surface area contributed by atoms with E-state index in [2.05, 4.69) is 0 Å². The van der Waals surface area contributed by atoms with Gasteiger partial charge in [-0.05, 0) is 71.3 Å². The summed E-state index contributed by atoms with van der Waals surface area (Å²) in [5, 5.41) is 56.8. The van der Waals surface area contributed by atoms with Crippen molar-refractivity contribution in [1.82, 2.24) is 0 Å². The molecule has 210 valence electrons. The van der Waals surface area contributed by atoms with Crippen LogP contribution in [0.1, 0.15) is 31.1 Å². The van der Waals surface area contributed by atoms with Gasteiger partial charge in [-0.25, -0.2) is 14.4 Å². The van der Waals surface area contributed by atoms with Crippen LogP contribution in [0.5, 0.6) is 17.2 Å². The van der Waals surface area contributed by atoms with Gasteiger partial charge < -0.3 is 30.6 Å². The molecule has 0 fully saturated rings. The third kappa shape index (κ3) is 6.37. The van der Waals surface area contributed by atoms with Gasteiger partial charge in [-0.3, -0.25) is 0 Å². The lowest BCUT2D eigenvalue weighted by molar-refractivity contribution is 0.0649. The summed E-state index contributed by atoms with van der Waals surface area (Å²) in [7, 11) is 0. The Labute approximate surface area is 239 Å². The largest absolute Gasteiger partial charge is 0.507 e. The van der Waals surface area contributed by atoms with Crippen LogP contribution in [-0.2, 0) is 0 Å². The molecule has 5 aromatic rings.